The first-order chi connectivity index (χ1) is 13.0. The Kier molecular flexibility index (Phi) is 5.89. The Balaban J connectivity index is 1.67. The van der Waals surface area contributed by atoms with Gasteiger partial charge in [-0.1, -0.05) is 30.7 Å². The highest BCUT2D eigenvalue weighted by Crippen LogP contribution is 2.32. The predicted molar refractivity (Wildman–Crippen MR) is 105 cm³/mol. The smallest absolute Gasteiger partial charge is 0.261 e. The molecule has 3 rings (SSSR count). The second-order valence-electron chi connectivity index (χ2n) is 6.92. The third kappa shape index (κ3) is 4.54. The lowest BCUT2D eigenvalue weighted by atomic mass is 10.1. The Labute approximate surface area is 160 Å². The van der Waals surface area contributed by atoms with E-state index in [1.54, 1.807) is 0 Å². The van der Waals surface area contributed by atoms with Crippen molar-refractivity contribution >= 4 is 5.91 Å². The second kappa shape index (κ2) is 8.33. The van der Waals surface area contributed by atoms with Gasteiger partial charge in [-0.05, 0) is 56.5 Å². The molecule has 2 aromatic rings. The Morgan fingerprint density at radius 1 is 1.11 bits per heavy atom. The van der Waals surface area contributed by atoms with Gasteiger partial charge in [0.05, 0.1) is 6.04 Å². The summed E-state index contributed by atoms with van der Waals surface area (Å²) in [6.07, 6.45) is 0.0542. The van der Waals surface area contributed by atoms with Crippen LogP contribution in [0, 0.1) is 13.8 Å². The van der Waals surface area contributed by atoms with Gasteiger partial charge in [-0.25, -0.2) is 0 Å². The molecule has 0 aromatic heterocycles. The van der Waals surface area contributed by atoms with Gasteiger partial charge in [0, 0.05) is 0 Å². The molecule has 1 N–H and O–H groups in total. The first-order valence-corrected chi connectivity index (χ1v) is 9.41. The van der Waals surface area contributed by atoms with Gasteiger partial charge in [0.2, 0.25) is 0 Å². The molecule has 0 fully saturated rings. The maximum absolute atomic E-state index is 12.7. The van der Waals surface area contributed by atoms with Crippen molar-refractivity contribution in [2.45, 2.75) is 46.3 Å². The van der Waals surface area contributed by atoms with Crippen molar-refractivity contribution in [3.63, 3.8) is 0 Å². The molecule has 2 unspecified atom stereocenters. The molecule has 1 amide bonds. The Bertz CT molecular complexity index is 818. The van der Waals surface area contributed by atoms with Crippen LogP contribution in [0.4, 0.5) is 0 Å². The van der Waals surface area contributed by atoms with E-state index in [4.69, 9.17) is 14.2 Å². The second-order valence-corrected chi connectivity index (χ2v) is 6.92. The highest BCUT2D eigenvalue weighted by molar-refractivity contribution is 5.81. The molecular weight excluding hydrogens is 342 g/mol. The number of ether oxygens (including phenoxy) is 3. The zero-order valence-electron chi connectivity index (χ0n) is 16.4. The summed E-state index contributed by atoms with van der Waals surface area (Å²) in [6.45, 7) is 9.03. The van der Waals surface area contributed by atoms with Crippen LogP contribution in [0.15, 0.2) is 36.4 Å². The van der Waals surface area contributed by atoms with E-state index in [-0.39, 0.29) is 11.9 Å². The average molecular weight is 369 g/mol. The van der Waals surface area contributed by atoms with Crippen LogP contribution in [0.2, 0.25) is 0 Å². The molecule has 0 spiro atoms. The van der Waals surface area contributed by atoms with Gasteiger partial charge in [-0.15, -0.1) is 0 Å². The van der Waals surface area contributed by atoms with E-state index in [9.17, 15) is 4.79 Å². The average Bonchev–Trinajstić information content (AvgIpc) is 2.66. The molecule has 2 aromatic carbocycles. The molecule has 0 aliphatic carbocycles. The van der Waals surface area contributed by atoms with Crippen LogP contribution in [0.3, 0.4) is 0 Å². The van der Waals surface area contributed by atoms with Gasteiger partial charge in [-0.3, -0.25) is 4.79 Å². The van der Waals surface area contributed by atoms with Crippen LogP contribution in [-0.2, 0) is 4.79 Å². The largest absolute Gasteiger partial charge is 0.486 e. The molecule has 0 saturated carbocycles. The molecule has 144 valence electrons. The zero-order chi connectivity index (χ0) is 19.4. The van der Waals surface area contributed by atoms with Crippen molar-refractivity contribution in [1.82, 2.24) is 5.32 Å². The number of amides is 1. The predicted octanol–water partition coefficient (Wildman–Crippen LogP) is 4.11. The molecule has 1 aliphatic rings. The minimum absolute atomic E-state index is 0.125. The number of benzene rings is 2. The van der Waals surface area contributed by atoms with E-state index < -0.39 is 6.10 Å². The molecule has 1 heterocycles. The summed E-state index contributed by atoms with van der Waals surface area (Å²) < 4.78 is 17.2. The fourth-order valence-corrected chi connectivity index (χ4v) is 3.13. The summed E-state index contributed by atoms with van der Waals surface area (Å²) in [4.78, 5) is 12.7. The number of nitrogens with one attached hydrogen (secondary N) is 1. The van der Waals surface area contributed by atoms with E-state index in [1.807, 2.05) is 58.0 Å². The number of aryl methyl sites for hydroxylation is 2. The van der Waals surface area contributed by atoms with E-state index >= 15 is 0 Å². The molecule has 1 aliphatic heterocycles. The molecule has 0 radical (unpaired) electrons. The van der Waals surface area contributed by atoms with E-state index in [1.165, 1.54) is 5.56 Å². The van der Waals surface area contributed by atoms with Crippen LogP contribution in [0.1, 0.15) is 43.0 Å². The fraction of sp³-hybridized carbons (Fsp3) is 0.409. The zero-order valence-corrected chi connectivity index (χ0v) is 16.4. The highest BCUT2D eigenvalue weighted by atomic mass is 16.6. The Hall–Kier alpha value is -2.69. The maximum Gasteiger partial charge on any atom is 0.261 e. The van der Waals surface area contributed by atoms with Gasteiger partial charge in [0.15, 0.2) is 17.6 Å². The molecule has 5 heteroatoms. The van der Waals surface area contributed by atoms with E-state index in [0.29, 0.717) is 19.6 Å². The lowest BCUT2D eigenvalue weighted by Crippen LogP contribution is -2.39. The number of rotatable bonds is 6. The summed E-state index contributed by atoms with van der Waals surface area (Å²) in [6, 6.07) is 11.6. The van der Waals surface area contributed by atoms with Crippen molar-refractivity contribution in [2.24, 2.45) is 0 Å². The summed E-state index contributed by atoms with van der Waals surface area (Å²) in [5.41, 5.74) is 3.17. The topological polar surface area (TPSA) is 56.8 Å². The summed E-state index contributed by atoms with van der Waals surface area (Å²) >= 11 is 0. The number of carbonyl (C=O) groups is 1. The quantitative estimate of drug-likeness (QED) is 0.833. The number of hydrogen-bond donors (Lipinski definition) is 1. The maximum atomic E-state index is 12.7. The van der Waals surface area contributed by atoms with Crippen molar-refractivity contribution in [2.75, 3.05) is 13.2 Å². The fourth-order valence-electron chi connectivity index (χ4n) is 3.13. The lowest BCUT2D eigenvalue weighted by molar-refractivity contribution is -0.128. The minimum atomic E-state index is -0.536. The summed E-state index contributed by atoms with van der Waals surface area (Å²) in [5.74, 6) is 2.08. The van der Waals surface area contributed by atoms with Crippen LogP contribution in [0.5, 0.6) is 17.2 Å². The Morgan fingerprint density at radius 2 is 1.85 bits per heavy atom. The molecule has 0 bridgehead atoms. The van der Waals surface area contributed by atoms with Crippen molar-refractivity contribution in [1.29, 1.82) is 0 Å². The molecule has 27 heavy (non-hydrogen) atoms. The minimum Gasteiger partial charge on any atom is -0.486 e. The number of hydrogen-bond acceptors (Lipinski definition) is 4. The van der Waals surface area contributed by atoms with Crippen molar-refractivity contribution in [3.8, 4) is 17.2 Å². The first-order valence-electron chi connectivity index (χ1n) is 9.41. The normalized spacial score (nSPS) is 15.0. The standard InChI is InChI=1S/C22H27NO4/c1-5-18(27-19-8-6-14(2)12-15(19)3)22(24)23-16(4)17-7-9-20-21(13-17)26-11-10-25-20/h6-9,12-13,16,18H,5,10-11H2,1-4H3,(H,23,24). The van der Waals surface area contributed by atoms with Gasteiger partial charge in [-0.2, -0.15) is 0 Å². The SMILES string of the molecule is CCC(Oc1ccc(C)cc1C)C(=O)NC(C)c1ccc2c(c1)OCCO2. The van der Waals surface area contributed by atoms with Gasteiger partial charge in [0.25, 0.3) is 5.91 Å². The van der Waals surface area contributed by atoms with E-state index in [0.717, 1.165) is 28.4 Å². The number of carbonyl (C=O) groups excluding carboxylic acids is 1. The van der Waals surface area contributed by atoms with Crippen LogP contribution >= 0.6 is 0 Å². The molecular formula is C22H27NO4. The summed E-state index contributed by atoms with van der Waals surface area (Å²) in [7, 11) is 0. The molecule has 0 saturated heterocycles. The monoisotopic (exact) mass is 369 g/mol. The van der Waals surface area contributed by atoms with Crippen LogP contribution < -0.4 is 19.5 Å². The third-order valence-electron chi connectivity index (χ3n) is 4.69. The van der Waals surface area contributed by atoms with Gasteiger partial charge < -0.3 is 19.5 Å². The van der Waals surface area contributed by atoms with Crippen LogP contribution in [0.25, 0.3) is 0 Å². The molecule has 2 atom stereocenters. The van der Waals surface area contributed by atoms with Gasteiger partial charge >= 0.3 is 0 Å². The van der Waals surface area contributed by atoms with Crippen molar-refractivity contribution in [3.05, 3.63) is 53.1 Å². The first kappa shape index (κ1) is 19.1. The number of fused-ring (bicyclic) bond motifs is 1. The lowest BCUT2D eigenvalue weighted by Gasteiger charge is -2.23. The highest BCUT2D eigenvalue weighted by Gasteiger charge is 2.22. The van der Waals surface area contributed by atoms with Crippen molar-refractivity contribution < 1.29 is 19.0 Å². The third-order valence-corrected chi connectivity index (χ3v) is 4.69. The van der Waals surface area contributed by atoms with E-state index in [2.05, 4.69) is 11.4 Å². The van der Waals surface area contributed by atoms with Gasteiger partial charge in [0.1, 0.15) is 19.0 Å². The van der Waals surface area contributed by atoms with Crippen LogP contribution in [-0.4, -0.2) is 25.2 Å². The Morgan fingerprint density at radius 3 is 2.56 bits per heavy atom. The molecule has 5 nitrogen and oxygen atoms in total. The summed E-state index contributed by atoms with van der Waals surface area (Å²) in [5, 5.41) is 3.04.